The quantitative estimate of drug-likeness (QED) is 0.863. The highest BCUT2D eigenvalue weighted by Crippen LogP contribution is 2.44. The Kier molecular flexibility index (Phi) is 3.36. The number of amides is 1. The van der Waals surface area contributed by atoms with Gasteiger partial charge >= 0.3 is 0 Å². The zero-order valence-electron chi connectivity index (χ0n) is 10.6. The van der Waals surface area contributed by atoms with Crippen LogP contribution in [0, 0.1) is 5.82 Å². The number of hydrogen-bond acceptors (Lipinski definition) is 3. The molecule has 2 aromatic rings. The molecule has 1 saturated heterocycles. The average molecular weight is 288 g/mol. The Morgan fingerprint density at radius 1 is 1.15 bits per heavy atom. The predicted octanol–water partition coefficient (Wildman–Crippen LogP) is 3.19. The molecule has 20 heavy (non-hydrogen) atoms. The molecule has 1 amide bonds. The van der Waals surface area contributed by atoms with E-state index in [4.69, 9.17) is 5.73 Å². The van der Waals surface area contributed by atoms with E-state index in [0.29, 0.717) is 17.1 Å². The molecule has 2 aromatic carbocycles. The van der Waals surface area contributed by atoms with Crippen LogP contribution in [-0.4, -0.2) is 11.7 Å². The molecule has 0 unspecified atom stereocenters. The van der Waals surface area contributed by atoms with Crippen LogP contribution in [0.15, 0.2) is 48.5 Å². The van der Waals surface area contributed by atoms with Crippen molar-refractivity contribution in [2.75, 3.05) is 16.4 Å². The minimum absolute atomic E-state index is 0.103. The number of para-hydroxylation sites is 2. The molecule has 1 fully saturated rings. The Balaban J connectivity index is 2.06. The van der Waals surface area contributed by atoms with E-state index in [0.717, 1.165) is 5.56 Å². The van der Waals surface area contributed by atoms with Gasteiger partial charge in [0.2, 0.25) is 5.91 Å². The van der Waals surface area contributed by atoms with Crippen LogP contribution < -0.4 is 10.6 Å². The minimum atomic E-state index is -0.400. The molecular formula is C15H13FN2OS. The smallest absolute Gasteiger partial charge is 0.238 e. The predicted molar refractivity (Wildman–Crippen MR) is 79.9 cm³/mol. The molecule has 1 atom stereocenters. The lowest BCUT2D eigenvalue weighted by Gasteiger charge is -2.25. The van der Waals surface area contributed by atoms with Crippen LogP contribution in [0.4, 0.5) is 15.8 Å². The summed E-state index contributed by atoms with van der Waals surface area (Å²) in [4.78, 5) is 13.6. The van der Waals surface area contributed by atoms with Gasteiger partial charge in [0.25, 0.3) is 0 Å². The van der Waals surface area contributed by atoms with E-state index < -0.39 is 5.82 Å². The second-order valence-corrected chi connectivity index (χ2v) is 5.58. The fourth-order valence-corrected chi connectivity index (χ4v) is 3.51. The van der Waals surface area contributed by atoms with Gasteiger partial charge in [0.1, 0.15) is 11.2 Å². The Morgan fingerprint density at radius 3 is 2.60 bits per heavy atom. The Labute approximate surface area is 120 Å². The number of anilines is 2. The highest BCUT2D eigenvalue weighted by molar-refractivity contribution is 8.00. The highest BCUT2D eigenvalue weighted by atomic mass is 32.2. The summed E-state index contributed by atoms with van der Waals surface area (Å²) < 4.78 is 14.0. The molecule has 1 heterocycles. The van der Waals surface area contributed by atoms with Gasteiger partial charge in [-0.25, -0.2) is 4.39 Å². The van der Waals surface area contributed by atoms with Crippen LogP contribution in [0.1, 0.15) is 10.9 Å². The summed E-state index contributed by atoms with van der Waals surface area (Å²) in [5, 5.41) is -0.277. The van der Waals surface area contributed by atoms with Crippen LogP contribution in [0.2, 0.25) is 0 Å². The summed E-state index contributed by atoms with van der Waals surface area (Å²) in [6.07, 6.45) is 0. The zero-order chi connectivity index (χ0) is 14.1. The van der Waals surface area contributed by atoms with E-state index in [1.54, 1.807) is 24.3 Å². The van der Waals surface area contributed by atoms with E-state index in [-0.39, 0.29) is 11.3 Å². The fourth-order valence-electron chi connectivity index (χ4n) is 2.30. The van der Waals surface area contributed by atoms with E-state index in [1.807, 2.05) is 18.2 Å². The summed E-state index contributed by atoms with van der Waals surface area (Å²) in [6, 6.07) is 13.7. The lowest BCUT2D eigenvalue weighted by atomic mass is 10.1. The molecule has 0 radical (unpaired) electrons. The van der Waals surface area contributed by atoms with Crippen molar-refractivity contribution < 1.29 is 9.18 Å². The zero-order valence-corrected chi connectivity index (χ0v) is 11.4. The van der Waals surface area contributed by atoms with Crippen molar-refractivity contribution in [3.05, 3.63) is 59.9 Å². The second kappa shape index (κ2) is 5.17. The third kappa shape index (κ3) is 2.14. The number of nitrogens with two attached hydrogens (primary N) is 1. The van der Waals surface area contributed by atoms with Crippen molar-refractivity contribution in [3.8, 4) is 0 Å². The summed E-state index contributed by atoms with van der Waals surface area (Å²) in [5.74, 6) is -0.177. The van der Waals surface area contributed by atoms with Gasteiger partial charge in [0, 0.05) is 11.3 Å². The maximum Gasteiger partial charge on any atom is 0.238 e. The van der Waals surface area contributed by atoms with Gasteiger partial charge in [-0.1, -0.05) is 30.3 Å². The van der Waals surface area contributed by atoms with Crippen molar-refractivity contribution in [2.45, 2.75) is 5.37 Å². The summed E-state index contributed by atoms with van der Waals surface area (Å²) in [7, 11) is 0. The molecule has 102 valence electrons. The number of carbonyl (C=O) groups excluding carboxylic acids is 1. The standard InChI is InChI=1S/C15H13FN2OS/c16-11-6-2-4-8-13(11)18-14(19)9-20-15(18)10-5-1-3-7-12(10)17/h1-8,15H,9,17H2/t15-/m0/s1. The molecule has 3 nitrogen and oxygen atoms in total. The largest absolute Gasteiger partial charge is 0.398 e. The molecule has 0 saturated carbocycles. The third-order valence-electron chi connectivity index (χ3n) is 3.24. The number of thioether (sulfide) groups is 1. The second-order valence-electron chi connectivity index (χ2n) is 4.51. The number of benzene rings is 2. The molecule has 1 aliphatic heterocycles. The Hall–Kier alpha value is -2.01. The first kappa shape index (κ1) is 13.0. The van der Waals surface area contributed by atoms with E-state index in [2.05, 4.69) is 0 Å². The molecule has 0 aromatic heterocycles. The molecule has 3 rings (SSSR count). The van der Waals surface area contributed by atoms with Crippen LogP contribution in [-0.2, 0) is 4.79 Å². The first-order valence-corrected chi connectivity index (χ1v) is 7.26. The molecule has 0 bridgehead atoms. The molecule has 5 heteroatoms. The van der Waals surface area contributed by atoms with Gasteiger partial charge in [-0.15, -0.1) is 11.8 Å². The average Bonchev–Trinajstić information content (AvgIpc) is 2.82. The van der Waals surface area contributed by atoms with Gasteiger partial charge in [-0.3, -0.25) is 9.69 Å². The Morgan fingerprint density at radius 2 is 1.85 bits per heavy atom. The van der Waals surface area contributed by atoms with Crippen LogP contribution >= 0.6 is 11.8 Å². The van der Waals surface area contributed by atoms with Gasteiger partial charge in [-0.05, 0) is 18.2 Å². The van der Waals surface area contributed by atoms with Crippen molar-refractivity contribution >= 4 is 29.0 Å². The number of halogens is 1. The van der Waals surface area contributed by atoms with Crippen LogP contribution in [0.5, 0.6) is 0 Å². The van der Waals surface area contributed by atoms with Crippen molar-refractivity contribution in [1.82, 2.24) is 0 Å². The molecule has 0 spiro atoms. The van der Waals surface area contributed by atoms with E-state index in [9.17, 15) is 9.18 Å². The van der Waals surface area contributed by atoms with Crippen molar-refractivity contribution in [3.63, 3.8) is 0 Å². The van der Waals surface area contributed by atoms with Gasteiger partial charge in [-0.2, -0.15) is 0 Å². The van der Waals surface area contributed by atoms with E-state index >= 15 is 0 Å². The minimum Gasteiger partial charge on any atom is -0.398 e. The fraction of sp³-hybridized carbons (Fsp3) is 0.133. The first-order valence-electron chi connectivity index (χ1n) is 6.21. The van der Waals surface area contributed by atoms with Crippen LogP contribution in [0.25, 0.3) is 0 Å². The first-order chi connectivity index (χ1) is 9.68. The topological polar surface area (TPSA) is 46.3 Å². The van der Waals surface area contributed by atoms with Crippen molar-refractivity contribution in [2.24, 2.45) is 0 Å². The molecule has 1 aliphatic rings. The number of carbonyl (C=O) groups is 1. The summed E-state index contributed by atoms with van der Waals surface area (Å²) in [6.45, 7) is 0. The molecular weight excluding hydrogens is 275 g/mol. The lowest BCUT2D eigenvalue weighted by molar-refractivity contribution is -0.115. The molecule has 2 N–H and O–H groups in total. The summed E-state index contributed by atoms with van der Waals surface area (Å²) in [5.41, 5.74) is 7.73. The van der Waals surface area contributed by atoms with Gasteiger partial charge in [0.15, 0.2) is 0 Å². The number of nitrogen functional groups attached to an aromatic ring is 1. The SMILES string of the molecule is Nc1ccccc1[C@@H]1SCC(=O)N1c1ccccc1F. The summed E-state index contributed by atoms with van der Waals surface area (Å²) >= 11 is 1.46. The van der Waals surface area contributed by atoms with E-state index in [1.165, 1.54) is 22.7 Å². The highest BCUT2D eigenvalue weighted by Gasteiger charge is 2.36. The number of nitrogens with zero attached hydrogens (tertiary/aromatic N) is 1. The number of hydrogen-bond donors (Lipinski definition) is 1. The maximum atomic E-state index is 14.0. The number of rotatable bonds is 2. The Bertz CT molecular complexity index is 662. The van der Waals surface area contributed by atoms with Crippen molar-refractivity contribution in [1.29, 1.82) is 0 Å². The van der Waals surface area contributed by atoms with Gasteiger partial charge < -0.3 is 5.73 Å². The maximum absolute atomic E-state index is 14.0. The van der Waals surface area contributed by atoms with Crippen LogP contribution in [0.3, 0.4) is 0 Å². The lowest BCUT2D eigenvalue weighted by Crippen LogP contribution is -2.29. The normalized spacial score (nSPS) is 18.6. The van der Waals surface area contributed by atoms with Gasteiger partial charge in [0.05, 0.1) is 11.4 Å². The third-order valence-corrected chi connectivity index (χ3v) is 4.44. The molecule has 0 aliphatic carbocycles. The monoisotopic (exact) mass is 288 g/mol.